The van der Waals surface area contributed by atoms with E-state index < -0.39 is 9.84 Å². The summed E-state index contributed by atoms with van der Waals surface area (Å²) in [7, 11) is -2.85. The first-order chi connectivity index (χ1) is 7.29. The summed E-state index contributed by atoms with van der Waals surface area (Å²) in [6.07, 6.45) is 1.31. The number of nitrogens with one attached hydrogen (secondary N) is 1. The maximum absolute atomic E-state index is 11.2. The van der Waals surface area contributed by atoms with Gasteiger partial charge in [-0.2, -0.15) is 0 Å². The van der Waals surface area contributed by atoms with Gasteiger partial charge < -0.3 is 5.32 Å². The van der Waals surface area contributed by atoms with Gasteiger partial charge in [-0.3, -0.25) is 4.90 Å². The Kier molecular flexibility index (Phi) is 4.76. The van der Waals surface area contributed by atoms with Crippen molar-refractivity contribution >= 4 is 9.84 Å². The van der Waals surface area contributed by atoms with E-state index in [0.717, 1.165) is 13.1 Å². The van der Waals surface area contributed by atoms with Crippen molar-refractivity contribution in [1.82, 2.24) is 10.2 Å². The number of piperazine rings is 1. The predicted octanol–water partition coefficient (Wildman–Crippen LogP) is 0.349. The van der Waals surface area contributed by atoms with Crippen LogP contribution in [0.15, 0.2) is 0 Å². The highest BCUT2D eigenvalue weighted by Gasteiger charge is 2.28. The Labute approximate surface area is 99.3 Å². The van der Waals surface area contributed by atoms with Crippen LogP contribution in [-0.4, -0.2) is 57.0 Å². The Morgan fingerprint density at radius 1 is 1.44 bits per heavy atom. The summed E-state index contributed by atoms with van der Waals surface area (Å²) in [6, 6.07) is 0.910. The Morgan fingerprint density at radius 2 is 2.06 bits per heavy atom. The minimum atomic E-state index is -2.85. The standard InChI is InChI=1S/C11H24N2O2S/c1-9(2)11-7-12-10(3)8-13(11)5-6-16(4,14)15/h9-12H,5-8H2,1-4H3. The number of hydrogen-bond donors (Lipinski definition) is 1. The highest BCUT2D eigenvalue weighted by Crippen LogP contribution is 2.14. The fourth-order valence-electron chi connectivity index (χ4n) is 2.20. The fourth-order valence-corrected chi connectivity index (χ4v) is 2.77. The van der Waals surface area contributed by atoms with Crippen LogP contribution < -0.4 is 5.32 Å². The summed E-state index contributed by atoms with van der Waals surface area (Å²) < 4.78 is 22.4. The molecule has 1 aliphatic heterocycles. The molecule has 5 heteroatoms. The monoisotopic (exact) mass is 248 g/mol. The number of sulfone groups is 1. The molecular formula is C11H24N2O2S. The van der Waals surface area contributed by atoms with E-state index in [0.29, 0.717) is 24.5 Å². The third-order valence-electron chi connectivity index (χ3n) is 3.17. The van der Waals surface area contributed by atoms with Crippen LogP contribution >= 0.6 is 0 Å². The summed E-state index contributed by atoms with van der Waals surface area (Å²) in [5, 5.41) is 3.45. The summed E-state index contributed by atoms with van der Waals surface area (Å²) in [5.41, 5.74) is 0. The minimum Gasteiger partial charge on any atom is -0.311 e. The third kappa shape index (κ3) is 4.39. The van der Waals surface area contributed by atoms with Crippen LogP contribution in [-0.2, 0) is 9.84 Å². The smallest absolute Gasteiger partial charge is 0.148 e. The largest absolute Gasteiger partial charge is 0.311 e. The Balaban J connectivity index is 2.58. The summed E-state index contributed by atoms with van der Waals surface area (Å²) in [6.45, 7) is 9.09. The minimum absolute atomic E-state index is 0.267. The van der Waals surface area contributed by atoms with E-state index in [1.54, 1.807) is 0 Å². The van der Waals surface area contributed by atoms with Crippen molar-refractivity contribution in [2.75, 3.05) is 31.6 Å². The molecule has 1 fully saturated rings. The van der Waals surface area contributed by atoms with Gasteiger partial charge in [0.15, 0.2) is 0 Å². The van der Waals surface area contributed by atoms with Crippen molar-refractivity contribution in [1.29, 1.82) is 0 Å². The van der Waals surface area contributed by atoms with Crippen LogP contribution in [0.4, 0.5) is 0 Å². The van der Waals surface area contributed by atoms with E-state index in [1.807, 2.05) is 0 Å². The third-order valence-corrected chi connectivity index (χ3v) is 4.10. The predicted molar refractivity (Wildman–Crippen MR) is 67.4 cm³/mol. The van der Waals surface area contributed by atoms with Crippen molar-refractivity contribution in [2.45, 2.75) is 32.9 Å². The molecule has 0 bridgehead atoms. The Morgan fingerprint density at radius 3 is 2.56 bits per heavy atom. The lowest BCUT2D eigenvalue weighted by molar-refractivity contribution is 0.110. The molecular weight excluding hydrogens is 224 g/mol. The molecule has 1 N–H and O–H groups in total. The van der Waals surface area contributed by atoms with Gasteiger partial charge in [-0.25, -0.2) is 8.42 Å². The van der Waals surface area contributed by atoms with Crippen LogP contribution in [0, 0.1) is 5.92 Å². The molecule has 16 heavy (non-hydrogen) atoms. The second kappa shape index (κ2) is 5.47. The zero-order valence-corrected chi connectivity index (χ0v) is 11.5. The second-order valence-corrected chi connectivity index (χ2v) is 7.51. The number of nitrogens with zero attached hydrogens (tertiary/aromatic N) is 1. The first kappa shape index (κ1) is 13.9. The molecule has 1 rings (SSSR count). The van der Waals surface area contributed by atoms with Crippen molar-refractivity contribution in [3.63, 3.8) is 0 Å². The summed E-state index contributed by atoms with van der Waals surface area (Å²) in [5.74, 6) is 0.822. The normalized spacial score (nSPS) is 28.6. The second-order valence-electron chi connectivity index (χ2n) is 5.25. The molecule has 0 aromatic heterocycles. The van der Waals surface area contributed by atoms with Crippen molar-refractivity contribution in [2.24, 2.45) is 5.92 Å². The molecule has 0 spiro atoms. The van der Waals surface area contributed by atoms with E-state index >= 15 is 0 Å². The SMILES string of the molecule is CC1CN(CCS(C)(=O)=O)C(C(C)C)CN1. The Bertz CT molecular complexity index is 314. The van der Waals surface area contributed by atoms with Crippen LogP contribution in [0.1, 0.15) is 20.8 Å². The lowest BCUT2D eigenvalue weighted by Crippen LogP contribution is -2.58. The summed E-state index contributed by atoms with van der Waals surface area (Å²) >= 11 is 0. The van der Waals surface area contributed by atoms with Crippen LogP contribution in [0.25, 0.3) is 0 Å². The molecule has 1 saturated heterocycles. The first-order valence-corrected chi connectivity index (χ1v) is 8.01. The van der Waals surface area contributed by atoms with Gasteiger partial charge in [0.2, 0.25) is 0 Å². The van der Waals surface area contributed by atoms with Crippen molar-refractivity contribution in [3.8, 4) is 0 Å². The average molecular weight is 248 g/mol. The van der Waals surface area contributed by atoms with E-state index in [9.17, 15) is 8.42 Å². The lowest BCUT2D eigenvalue weighted by atomic mass is 9.99. The highest BCUT2D eigenvalue weighted by atomic mass is 32.2. The first-order valence-electron chi connectivity index (χ1n) is 5.95. The maximum Gasteiger partial charge on any atom is 0.148 e. The quantitative estimate of drug-likeness (QED) is 0.780. The van der Waals surface area contributed by atoms with Gasteiger partial charge in [-0.05, 0) is 12.8 Å². The average Bonchev–Trinajstić information content (AvgIpc) is 2.13. The zero-order valence-electron chi connectivity index (χ0n) is 10.7. The zero-order chi connectivity index (χ0) is 12.3. The molecule has 2 atom stereocenters. The van der Waals surface area contributed by atoms with E-state index in [2.05, 4.69) is 31.0 Å². The molecule has 2 unspecified atom stereocenters. The maximum atomic E-state index is 11.2. The van der Waals surface area contributed by atoms with Crippen molar-refractivity contribution < 1.29 is 8.42 Å². The van der Waals surface area contributed by atoms with Gasteiger partial charge in [0.25, 0.3) is 0 Å². The topological polar surface area (TPSA) is 49.4 Å². The molecule has 1 aliphatic rings. The molecule has 0 aromatic rings. The summed E-state index contributed by atoms with van der Waals surface area (Å²) in [4.78, 5) is 2.31. The molecule has 4 nitrogen and oxygen atoms in total. The van der Waals surface area contributed by atoms with Crippen LogP contribution in [0.3, 0.4) is 0 Å². The van der Waals surface area contributed by atoms with Gasteiger partial charge in [0, 0.05) is 38.0 Å². The van der Waals surface area contributed by atoms with Gasteiger partial charge in [-0.1, -0.05) is 13.8 Å². The number of rotatable bonds is 4. The fraction of sp³-hybridized carbons (Fsp3) is 1.00. The van der Waals surface area contributed by atoms with Gasteiger partial charge in [0.05, 0.1) is 5.75 Å². The van der Waals surface area contributed by atoms with Gasteiger partial charge in [0.1, 0.15) is 9.84 Å². The molecule has 0 aromatic carbocycles. The molecule has 1 heterocycles. The van der Waals surface area contributed by atoms with Gasteiger partial charge in [-0.15, -0.1) is 0 Å². The highest BCUT2D eigenvalue weighted by molar-refractivity contribution is 7.90. The van der Waals surface area contributed by atoms with Crippen LogP contribution in [0.2, 0.25) is 0 Å². The molecule has 0 radical (unpaired) electrons. The van der Waals surface area contributed by atoms with Crippen molar-refractivity contribution in [3.05, 3.63) is 0 Å². The number of hydrogen-bond acceptors (Lipinski definition) is 4. The van der Waals surface area contributed by atoms with Gasteiger partial charge >= 0.3 is 0 Å². The molecule has 0 saturated carbocycles. The Hall–Kier alpha value is -0.130. The van der Waals surface area contributed by atoms with E-state index in [1.165, 1.54) is 6.26 Å². The van der Waals surface area contributed by atoms with Crippen LogP contribution in [0.5, 0.6) is 0 Å². The molecule has 0 aliphatic carbocycles. The molecule has 0 amide bonds. The lowest BCUT2D eigenvalue weighted by Gasteiger charge is -2.41. The van der Waals surface area contributed by atoms with E-state index in [4.69, 9.17) is 0 Å². The van der Waals surface area contributed by atoms with E-state index in [-0.39, 0.29) is 5.75 Å². The molecule has 96 valence electrons.